The zero-order valence-corrected chi connectivity index (χ0v) is 10.8. The summed E-state index contributed by atoms with van der Waals surface area (Å²) in [5, 5.41) is 10.2. The lowest BCUT2D eigenvalue weighted by molar-refractivity contribution is 0.0687. The summed E-state index contributed by atoms with van der Waals surface area (Å²) in [5.41, 5.74) is 0. The monoisotopic (exact) mass is 236 g/mol. The number of rotatable bonds is 5. The molecule has 1 atom stereocenters. The van der Waals surface area contributed by atoms with Gasteiger partial charge in [0, 0.05) is 6.42 Å². The van der Waals surface area contributed by atoms with Crippen LogP contribution in [-0.2, 0) is 6.42 Å². The van der Waals surface area contributed by atoms with Crippen molar-refractivity contribution in [3.8, 4) is 0 Å². The molecule has 1 heterocycles. The molecule has 17 heavy (non-hydrogen) atoms. The van der Waals surface area contributed by atoms with Gasteiger partial charge in [-0.3, -0.25) is 0 Å². The lowest BCUT2D eigenvalue weighted by Crippen LogP contribution is -2.27. The first-order valence-electron chi connectivity index (χ1n) is 7.00. The maximum atomic E-state index is 10.2. The highest BCUT2D eigenvalue weighted by Crippen LogP contribution is 2.34. The van der Waals surface area contributed by atoms with Crippen molar-refractivity contribution in [2.45, 2.75) is 58.0 Å². The zero-order valence-electron chi connectivity index (χ0n) is 10.8. The van der Waals surface area contributed by atoms with Gasteiger partial charge in [0.1, 0.15) is 5.76 Å². The molecule has 96 valence electrons. The van der Waals surface area contributed by atoms with E-state index >= 15 is 0 Å². The van der Waals surface area contributed by atoms with Crippen molar-refractivity contribution in [2.75, 3.05) is 0 Å². The Morgan fingerprint density at radius 1 is 1.35 bits per heavy atom. The maximum absolute atomic E-state index is 10.2. The van der Waals surface area contributed by atoms with Gasteiger partial charge in [-0.2, -0.15) is 0 Å². The normalized spacial score (nSPS) is 26.9. The summed E-state index contributed by atoms with van der Waals surface area (Å²) < 4.78 is 5.29. The van der Waals surface area contributed by atoms with Crippen LogP contribution in [0, 0.1) is 11.8 Å². The predicted molar refractivity (Wildman–Crippen MR) is 68.8 cm³/mol. The molecule has 2 nitrogen and oxygen atoms in total. The quantitative estimate of drug-likeness (QED) is 0.843. The van der Waals surface area contributed by atoms with Crippen molar-refractivity contribution < 1.29 is 9.52 Å². The largest absolute Gasteiger partial charge is 0.469 e. The van der Waals surface area contributed by atoms with E-state index in [4.69, 9.17) is 4.42 Å². The van der Waals surface area contributed by atoms with Crippen molar-refractivity contribution in [3.05, 3.63) is 24.2 Å². The van der Waals surface area contributed by atoms with Gasteiger partial charge in [0.2, 0.25) is 0 Å². The molecule has 1 aliphatic rings. The fraction of sp³-hybridized carbons (Fsp3) is 0.733. The van der Waals surface area contributed by atoms with E-state index in [0.717, 1.165) is 11.7 Å². The third-order valence-corrected chi connectivity index (χ3v) is 4.12. The van der Waals surface area contributed by atoms with Crippen molar-refractivity contribution >= 4 is 0 Å². The summed E-state index contributed by atoms with van der Waals surface area (Å²) in [5.74, 6) is 2.30. The van der Waals surface area contributed by atoms with Crippen molar-refractivity contribution in [3.63, 3.8) is 0 Å². The Balaban J connectivity index is 1.76. The summed E-state index contributed by atoms with van der Waals surface area (Å²) in [6.45, 7) is 2.26. The minimum absolute atomic E-state index is 0.219. The van der Waals surface area contributed by atoms with Crippen LogP contribution in [0.25, 0.3) is 0 Å². The minimum atomic E-state index is -0.219. The van der Waals surface area contributed by atoms with Crippen molar-refractivity contribution in [2.24, 2.45) is 11.8 Å². The van der Waals surface area contributed by atoms with Crippen molar-refractivity contribution in [1.82, 2.24) is 0 Å². The molecule has 0 bridgehead atoms. The Kier molecular flexibility index (Phi) is 4.66. The molecule has 1 N–H and O–H groups in total. The Morgan fingerprint density at radius 2 is 2.12 bits per heavy atom. The molecule has 1 unspecified atom stereocenters. The van der Waals surface area contributed by atoms with Gasteiger partial charge < -0.3 is 9.52 Å². The van der Waals surface area contributed by atoms with Gasteiger partial charge in [-0.1, -0.05) is 32.6 Å². The topological polar surface area (TPSA) is 33.4 Å². The molecule has 0 aliphatic heterocycles. The first-order chi connectivity index (χ1) is 8.29. The number of hydrogen-bond acceptors (Lipinski definition) is 2. The Hall–Kier alpha value is -0.760. The molecule has 0 saturated heterocycles. The molecular formula is C15H24O2. The van der Waals surface area contributed by atoms with Gasteiger partial charge in [-0.15, -0.1) is 0 Å². The number of hydrogen-bond donors (Lipinski definition) is 1. The SMILES string of the molecule is CCCC1CCC(C(O)Cc2ccco2)CC1. The smallest absolute Gasteiger partial charge is 0.106 e. The van der Waals surface area contributed by atoms with E-state index in [1.165, 1.54) is 38.5 Å². The van der Waals surface area contributed by atoms with E-state index in [0.29, 0.717) is 12.3 Å². The van der Waals surface area contributed by atoms with Crippen LogP contribution in [0.3, 0.4) is 0 Å². The van der Waals surface area contributed by atoms with Crippen molar-refractivity contribution in [1.29, 1.82) is 0 Å². The summed E-state index contributed by atoms with van der Waals surface area (Å²) in [6.07, 6.45) is 9.77. The molecule has 2 rings (SSSR count). The van der Waals surface area contributed by atoms with E-state index in [-0.39, 0.29) is 6.10 Å². The van der Waals surface area contributed by atoms with Gasteiger partial charge >= 0.3 is 0 Å². The van der Waals surface area contributed by atoms with E-state index in [1.807, 2.05) is 12.1 Å². The van der Waals surface area contributed by atoms with Gasteiger partial charge in [0.25, 0.3) is 0 Å². The summed E-state index contributed by atoms with van der Waals surface area (Å²) in [4.78, 5) is 0. The third-order valence-electron chi connectivity index (χ3n) is 4.12. The van der Waals surface area contributed by atoms with E-state index < -0.39 is 0 Å². The van der Waals surface area contributed by atoms with Crippen LogP contribution in [0.2, 0.25) is 0 Å². The maximum Gasteiger partial charge on any atom is 0.106 e. The lowest BCUT2D eigenvalue weighted by Gasteiger charge is -2.31. The highest BCUT2D eigenvalue weighted by Gasteiger charge is 2.26. The molecule has 0 spiro atoms. The fourth-order valence-electron chi connectivity index (χ4n) is 3.07. The first kappa shape index (κ1) is 12.7. The summed E-state index contributed by atoms with van der Waals surface area (Å²) in [6, 6.07) is 3.84. The van der Waals surface area contributed by atoms with E-state index in [2.05, 4.69) is 6.92 Å². The zero-order chi connectivity index (χ0) is 12.1. The third kappa shape index (κ3) is 3.60. The van der Waals surface area contributed by atoms with Crippen LogP contribution >= 0.6 is 0 Å². The van der Waals surface area contributed by atoms with E-state index in [1.54, 1.807) is 6.26 Å². The molecule has 0 aromatic carbocycles. The Labute approximate surface area is 104 Å². The molecule has 1 fully saturated rings. The van der Waals surface area contributed by atoms with Crippen LogP contribution in [0.4, 0.5) is 0 Å². The Bertz CT molecular complexity index is 297. The second-order valence-electron chi connectivity index (χ2n) is 5.42. The van der Waals surface area contributed by atoms with Crippen LogP contribution < -0.4 is 0 Å². The number of furan rings is 1. The van der Waals surface area contributed by atoms with Crippen LogP contribution in [-0.4, -0.2) is 11.2 Å². The van der Waals surface area contributed by atoms with Crippen LogP contribution in [0.15, 0.2) is 22.8 Å². The molecule has 2 heteroatoms. The van der Waals surface area contributed by atoms with Gasteiger partial charge in [0.15, 0.2) is 0 Å². The highest BCUT2D eigenvalue weighted by molar-refractivity contribution is 5.00. The molecule has 1 saturated carbocycles. The number of aliphatic hydroxyl groups is 1. The highest BCUT2D eigenvalue weighted by atomic mass is 16.3. The van der Waals surface area contributed by atoms with Gasteiger partial charge in [-0.05, 0) is 36.8 Å². The predicted octanol–water partition coefficient (Wildman–Crippen LogP) is 3.79. The molecule has 0 amide bonds. The average Bonchev–Trinajstić information content (AvgIpc) is 2.83. The molecular weight excluding hydrogens is 212 g/mol. The van der Waals surface area contributed by atoms with Gasteiger partial charge in [-0.25, -0.2) is 0 Å². The molecule has 1 aliphatic carbocycles. The van der Waals surface area contributed by atoms with Crippen LogP contribution in [0.1, 0.15) is 51.2 Å². The molecule has 0 radical (unpaired) electrons. The van der Waals surface area contributed by atoms with Crippen LogP contribution in [0.5, 0.6) is 0 Å². The second-order valence-corrected chi connectivity index (χ2v) is 5.42. The minimum Gasteiger partial charge on any atom is -0.469 e. The second kappa shape index (κ2) is 6.25. The first-order valence-corrected chi connectivity index (χ1v) is 7.00. The fourth-order valence-corrected chi connectivity index (χ4v) is 3.07. The summed E-state index contributed by atoms with van der Waals surface area (Å²) >= 11 is 0. The lowest BCUT2D eigenvalue weighted by atomic mass is 9.77. The Morgan fingerprint density at radius 3 is 2.71 bits per heavy atom. The van der Waals surface area contributed by atoms with Gasteiger partial charge in [0.05, 0.1) is 12.4 Å². The summed E-state index contributed by atoms with van der Waals surface area (Å²) in [7, 11) is 0. The molecule has 1 aromatic heterocycles. The van der Waals surface area contributed by atoms with E-state index in [9.17, 15) is 5.11 Å². The standard InChI is InChI=1S/C15H24O2/c1-2-4-12-6-8-13(9-7-12)15(16)11-14-5-3-10-17-14/h3,5,10,12-13,15-16H,2,4,6-9,11H2,1H3. The average molecular weight is 236 g/mol. The number of aliphatic hydroxyl groups excluding tert-OH is 1. The molecule has 1 aromatic rings.